The van der Waals surface area contributed by atoms with Gasteiger partial charge in [-0.25, -0.2) is 8.42 Å². The Bertz CT molecular complexity index is 1130. The number of aryl methyl sites for hydroxylation is 1. The standard InChI is InChI=1S/C25H31N3O4S/c1-17-6-7-21(16-23(17)33(31,32)28-14-4-3-5-15-28)25(30)26-18(2)19-10-12-22(13-11-19)27-24(29)20-8-9-20/h6-7,10-13,16,18,20H,3-5,8-9,14-15H2,1-2H3,(H,26,30)(H,27,29). The van der Waals surface area contributed by atoms with Crippen molar-refractivity contribution in [1.29, 1.82) is 0 Å². The summed E-state index contributed by atoms with van der Waals surface area (Å²) in [4.78, 5) is 25.0. The molecule has 2 aliphatic rings. The number of piperidine rings is 1. The van der Waals surface area contributed by atoms with E-state index in [0.29, 0.717) is 24.2 Å². The van der Waals surface area contributed by atoms with Crippen LogP contribution in [-0.2, 0) is 14.8 Å². The highest BCUT2D eigenvalue weighted by atomic mass is 32.2. The summed E-state index contributed by atoms with van der Waals surface area (Å²) in [7, 11) is -3.63. The summed E-state index contributed by atoms with van der Waals surface area (Å²) in [6.45, 7) is 4.67. The van der Waals surface area contributed by atoms with Crippen molar-refractivity contribution in [1.82, 2.24) is 9.62 Å². The first-order chi connectivity index (χ1) is 15.8. The lowest BCUT2D eigenvalue weighted by Gasteiger charge is -2.26. The van der Waals surface area contributed by atoms with E-state index in [2.05, 4.69) is 10.6 Å². The van der Waals surface area contributed by atoms with Crippen LogP contribution in [0.4, 0.5) is 5.69 Å². The van der Waals surface area contributed by atoms with Gasteiger partial charge in [-0.15, -0.1) is 0 Å². The summed E-state index contributed by atoms with van der Waals surface area (Å²) in [6.07, 6.45) is 4.66. The summed E-state index contributed by atoms with van der Waals surface area (Å²) in [5.74, 6) is -0.136. The molecular weight excluding hydrogens is 438 g/mol. The van der Waals surface area contributed by atoms with Gasteiger partial charge in [0, 0.05) is 30.3 Å². The third kappa shape index (κ3) is 5.45. The van der Waals surface area contributed by atoms with Crippen molar-refractivity contribution in [3.8, 4) is 0 Å². The van der Waals surface area contributed by atoms with Crippen LogP contribution in [0.15, 0.2) is 47.4 Å². The van der Waals surface area contributed by atoms with Crippen molar-refractivity contribution in [2.24, 2.45) is 5.92 Å². The number of anilines is 1. The van der Waals surface area contributed by atoms with Gasteiger partial charge in [-0.1, -0.05) is 24.6 Å². The van der Waals surface area contributed by atoms with E-state index in [4.69, 9.17) is 0 Å². The lowest BCUT2D eigenvalue weighted by atomic mass is 10.1. The molecule has 1 saturated heterocycles. The summed E-state index contributed by atoms with van der Waals surface area (Å²) in [6, 6.07) is 11.9. The zero-order valence-corrected chi connectivity index (χ0v) is 20.0. The van der Waals surface area contributed by atoms with E-state index in [9.17, 15) is 18.0 Å². The molecule has 0 radical (unpaired) electrons. The van der Waals surface area contributed by atoms with Crippen LogP contribution in [0.25, 0.3) is 0 Å². The quantitative estimate of drug-likeness (QED) is 0.640. The minimum Gasteiger partial charge on any atom is -0.346 e. The summed E-state index contributed by atoms with van der Waals surface area (Å²) < 4.78 is 27.8. The van der Waals surface area contributed by atoms with Gasteiger partial charge in [0.1, 0.15) is 0 Å². The smallest absolute Gasteiger partial charge is 0.251 e. The Kier molecular flexibility index (Phi) is 6.86. The van der Waals surface area contributed by atoms with Crippen molar-refractivity contribution in [2.45, 2.75) is 56.9 Å². The topological polar surface area (TPSA) is 95.6 Å². The molecule has 1 saturated carbocycles. The van der Waals surface area contributed by atoms with Gasteiger partial charge in [0.25, 0.3) is 5.91 Å². The Hall–Kier alpha value is -2.71. The Morgan fingerprint density at radius 1 is 1.00 bits per heavy atom. The maximum Gasteiger partial charge on any atom is 0.251 e. The number of nitrogens with one attached hydrogen (secondary N) is 2. The zero-order chi connectivity index (χ0) is 23.6. The predicted octanol–water partition coefficient (Wildman–Crippen LogP) is 4.01. The molecule has 7 nitrogen and oxygen atoms in total. The molecule has 4 rings (SSSR count). The first kappa shape index (κ1) is 23.4. The number of carbonyl (C=O) groups excluding carboxylic acids is 2. The molecule has 1 unspecified atom stereocenters. The number of benzene rings is 2. The molecule has 176 valence electrons. The average molecular weight is 470 g/mol. The fraction of sp³-hybridized carbons (Fsp3) is 0.440. The van der Waals surface area contributed by atoms with Crippen molar-refractivity contribution in [3.05, 3.63) is 59.2 Å². The second-order valence-corrected chi connectivity index (χ2v) is 10.9. The molecule has 33 heavy (non-hydrogen) atoms. The van der Waals surface area contributed by atoms with Gasteiger partial charge in [-0.3, -0.25) is 9.59 Å². The normalized spacial score (nSPS) is 17.9. The summed E-state index contributed by atoms with van der Waals surface area (Å²) in [5, 5.41) is 5.85. The molecule has 2 amide bonds. The second kappa shape index (κ2) is 9.65. The highest BCUT2D eigenvalue weighted by Gasteiger charge is 2.30. The summed E-state index contributed by atoms with van der Waals surface area (Å²) >= 11 is 0. The molecule has 2 aromatic carbocycles. The first-order valence-electron chi connectivity index (χ1n) is 11.6. The van der Waals surface area contributed by atoms with Crippen LogP contribution in [0.3, 0.4) is 0 Å². The summed E-state index contributed by atoms with van der Waals surface area (Å²) in [5.41, 5.74) is 2.58. The first-order valence-corrected chi connectivity index (χ1v) is 13.0. The van der Waals surface area contributed by atoms with Crippen molar-refractivity contribution < 1.29 is 18.0 Å². The lowest BCUT2D eigenvalue weighted by Crippen LogP contribution is -2.36. The molecule has 0 spiro atoms. The van der Waals surface area contributed by atoms with E-state index >= 15 is 0 Å². The van der Waals surface area contributed by atoms with Gasteiger partial charge >= 0.3 is 0 Å². The maximum atomic E-state index is 13.1. The number of rotatable bonds is 7. The van der Waals surface area contributed by atoms with Gasteiger partial charge in [0.05, 0.1) is 10.9 Å². The third-order valence-electron chi connectivity index (χ3n) is 6.36. The Morgan fingerprint density at radius 2 is 1.67 bits per heavy atom. The number of sulfonamides is 1. The number of hydrogen-bond acceptors (Lipinski definition) is 4. The van der Waals surface area contributed by atoms with E-state index < -0.39 is 10.0 Å². The van der Waals surface area contributed by atoms with Crippen molar-refractivity contribution in [2.75, 3.05) is 18.4 Å². The number of amides is 2. The van der Waals surface area contributed by atoms with Gasteiger partial charge in [-0.05, 0) is 74.9 Å². The molecule has 2 fully saturated rings. The van der Waals surface area contributed by atoms with Crippen molar-refractivity contribution >= 4 is 27.5 Å². The monoisotopic (exact) mass is 469 g/mol. The van der Waals surface area contributed by atoms with E-state index in [1.165, 1.54) is 10.4 Å². The Balaban J connectivity index is 1.44. The largest absolute Gasteiger partial charge is 0.346 e. The number of nitrogens with zero attached hydrogens (tertiary/aromatic N) is 1. The highest BCUT2D eigenvalue weighted by molar-refractivity contribution is 7.89. The molecule has 0 aromatic heterocycles. The molecule has 2 aromatic rings. The van der Waals surface area contributed by atoms with Crippen LogP contribution in [-0.4, -0.2) is 37.6 Å². The van der Waals surface area contributed by atoms with E-state index in [1.807, 2.05) is 31.2 Å². The van der Waals surface area contributed by atoms with Gasteiger partial charge in [0.15, 0.2) is 0 Å². The molecule has 1 aliphatic heterocycles. The van der Waals surface area contributed by atoms with Gasteiger partial charge in [0.2, 0.25) is 15.9 Å². The van der Waals surface area contributed by atoms with E-state index in [0.717, 1.165) is 43.4 Å². The lowest BCUT2D eigenvalue weighted by molar-refractivity contribution is -0.117. The van der Waals surface area contributed by atoms with Crippen LogP contribution < -0.4 is 10.6 Å². The predicted molar refractivity (Wildman–Crippen MR) is 127 cm³/mol. The minimum atomic E-state index is -3.63. The molecule has 1 atom stereocenters. The van der Waals surface area contributed by atoms with Crippen LogP contribution in [0, 0.1) is 12.8 Å². The van der Waals surface area contributed by atoms with E-state index in [-0.39, 0.29) is 28.7 Å². The van der Waals surface area contributed by atoms with Crippen LogP contribution in [0.2, 0.25) is 0 Å². The third-order valence-corrected chi connectivity index (χ3v) is 8.40. The molecule has 2 N–H and O–H groups in total. The highest BCUT2D eigenvalue weighted by Crippen LogP contribution is 2.30. The molecule has 0 bridgehead atoms. The molecule has 8 heteroatoms. The van der Waals surface area contributed by atoms with Crippen molar-refractivity contribution in [3.63, 3.8) is 0 Å². The zero-order valence-electron chi connectivity index (χ0n) is 19.1. The molecular formula is C25H31N3O4S. The fourth-order valence-electron chi connectivity index (χ4n) is 4.07. The van der Waals surface area contributed by atoms with Crippen LogP contribution >= 0.6 is 0 Å². The number of hydrogen-bond donors (Lipinski definition) is 2. The second-order valence-electron chi connectivity index (χ2n) is 9.03. The van der Waals surface area contributed by atoms with Crippen LogP contribution in [0.1, 0.15) is 66.6 Å². The average Bonchev–Trinajstić information content (AvgIpc) is 3.66. The van der Waals surface area contributed by atoms with Gasteiger partial charge in [-0.2, -0.15) is 4.31 Å². The minimum absolute atomic E-state index is 0.0544. The van der Waals surface area contributed by atoms with Crippen LogP contribution in [0.5, 0.6) is 0 Å². The number of carbonyl (C=O) groups is 2. The molecule has 1 heterocycles. The fourth-order valence-corrected chi connectivity index (χ4v) is 5.84. The Labute approximate surface area is 195 Å². The van der Waals surface area contributed by atoms with E-state index in [1.54, 1.807) is 19.1 Å². The maximum absolute atomic E-state index is 13.1. The Morgan fingerprint density at radius 3 is 2.30 bits per heavy atom. The van der Waals surface area contributed by atoms with Gasteiger partial charge < -0.3 is 10.6 Å². The SMILES string of the molecule is Cc1ccc(C(=O)NC(C)c2ccc(NC(=O)C3CC3)cc2)cc1S(=O)(=O)N1CCCCC1. The molecule has 1 aliphatic carbocycles.